The van der Waals surface area contributed by atoms with Gasteiger partial charge in [0.15, 0.2) is 0 Å². The fourth-order valence-electron chi connectivity index (χ4n) is 2.53. The Kier molecular flexibility index (Phi) is 9.05. The lowest BCUT2D eigenvalue weighted by Crippen LogP contribution is -2.40. The Hall–Kier alpha value is -3.68. The van der Waals surface area contributed by atoms with Crippen LogP contribution >= 0.6 is 0 Å². The average Bonchev–Trinajstić information content (AvgIpc) is 2.76. The Morgan fingerprint density at radius 3 is 2.33 bits per heavy atom. The van der Waals surface area contributed by atoms with E-state index in [2.05, 4.69) is 17.8 Å². The molecule has 0 aliphatic heterocycles. The van der Waals surface area contributed by atoms with Gasteiger partial charge in [-0.2, -0.15) is 0 Å². The molecule has 8 heteroatoms. The zero-order valence-corrected chi connectivity index (χ0v) is 16.8. The van der Waals surface area contributed by atoms with Crippen LogP contribution in [0.15, 0.2) is 54.6 Å². The number of rotatable bonds is 10. The van der Waals surface area contributed by atoms with E-state index < -0.39 is 16.7 Å². The second-order valence-corrected chi connectivity index (χ2v) is 6.56. The van der Waals surface area contributed by atoms with Crippen molar-refractivity contribution in [1.82, 2.24) is 10.9 Å². The third-order valence-electron chi connectivity index (χ3n) is 4.21. The van der Waals surface area contributed by atoms with E-state index in [1.54, 1.807) is 24.3 Å². The maximum absolute atomic E-state index is 12.1. The van der Waals surface area contributed by atoms with Gasteiger partial charge < -0.3 is 4.74 Å². The average molecular weight is 411 g/mol. The van der Waals surface area contributed by atoms with Crippen LogP contribution in [0.4, 0.5) is 5.69 Å². The molecule has 0 spiro atoms. The number of amides is 2. The molecule has 0 aliphatic carbocycles. The number of unbranched alkanes of at least 4 members (excludes halogenated alkanes) is 3. The first kappa shape index (κ1) is 22.6. The number of benzene rings is 2. The van der Waals surface area contributed by atoms with Crippen LogP contribution in [0.5, 0.6) is 5.75 Å². The van der Waals surface area contributed by atoms with Gasteiger partial charge in [-0.15, -0.1) is 0 Å². The molecule has 0 radical (unpaired) electrons. The minimum Gasteiger partial charge on any atom is -0.494 e. The summed E-state index contributed by atoms with van der Waals surface area (Å²) in [7, 11) is 0. The van der Waals surface area contributed by atoms with Gasteiger partial charge in [-0.05, 0) is 54.5 Å². The molecule has 0 fully saturated rings. The van der Waals surface area contributed by atoms with E-state index in [1.807, 2.05) is 0 Å². The lowest BCUT2D eigenvalue weighted by atomic mass is 10.2. The van der Waals surface area contributed by atoms with Crippen molar-refractivity contribution in [2.24, 2.45) is 0 Å². The van der Waals surface area contributed by atoms with E-state index >= 15 is 0 Å². The Bertz CT molecular complexity index is 877. The largest absolute Gasteiger partial charge is 0.494 e. The molecule has 0 saturated carbocycles. The van der Waals surface area contributed by atoms with Crippen LogP contribution in [-0.2, 0) is 4.79 Å². The number of nitro groups is 1. The molecule has 0 saturated heterocycles. The summed E-state index contributed by atoms with van der Waals surface area (Å²) in [4.78, 5) is 34.1. The fraction of sp³-hybridized carbons (Fsp3) is 0.273. The van der Waals surface area contributed by atoms with Crippen LogP contribution in [0, 0.1) is 10.1 Å². The van der Waals surface area contributed by atoms with E-state index in [9.17, 15) is 19.7 Å². The molecule has 30 heavy (non-hydrogen) atoms. The summed E-state index contributed by atoms with van der Waals surface area (Å²) in [5.41, 5.74) is 5.58. The van der Waals surface area contributed by atoms with Gasteiger partial charge in [-0.3, -0.25) is 30.6 Å². The number of non-ortho nitro benzene ring substituents is 1. The van der Waals surface area contributed by atoms with Crippen molar-refractivity contribution < 1.29 is 19.2 Å². The first-order valence-electron chi connectivity index (χ1n) is 9.75. The molecular formula is C22H25N3O5. The first-order valence-corrected chi connectivity index (χ1v) is 9.75. The molecule has 158 valence electrons. The molecule has 2 aromatic rings. The fourth-order valence-corrected chi connectivity index (χ4v) is 2.53. The van der Waals surface area contributed by atoms with E-state index in [-0.39, 0.29) is 5.69 Å². The van der Waals surface area contributed by atoms with Crippen LogP contribution in [0.25, 0.3) is 6.08 Å². The maximum Gasteiger partial charge on any atom is 0.269 e. The SMILES string of the molecule is CCCCCCOc1ccc(C(=O)NNC(=O)/C=C/c2ccc([N+](=O)[O-])cc2)cc1. The molecule has 0 heterocycles. The molecule has 2 rings (SSSR count). The number of nitrogens with one attached hydrogen (secondary N) is 2. The minimum absolute atomic E-state index is 0.0308. The topological polar surface area (TPSA) is 111 Å². The summed E-state index contributed by atoms with van der Waals surface area (Å²) in [6.45, 7) is 2.80. The summed E-state index contributed by atoms with van der Waals surface area (Å²) in [5.74, 6) is -0.298. The Labute approximate surface area is 175 Å². The molecule has 2 aromatic carbocycles. The van der Waals surface area contributed by atoms with E-state index in [1.165, 1.54) is 49.3 Å². The summed E-state index contributed by atoms with van der Waals surface area (Å²) in [5, 5.41) is 10.6. The molecule has 8 nitrogen and oxygen atoms in total. The Morgan fingerprint density at radius 2 is 1.70 bits per heavy atom. The van der Waals surface area contributed by atoms with Crippen LogP contribution in [-0.4, -0.2) is 23.3 Å². The normalized spacial score (nSPS) is 10.6. The van der Waals surface area contributed by atoms with Gasteiger partial charge in [0.2, 0.25) is 0 Å². The van der Waals surface area contributed by atoms with Crippen LogP contribution in [0.1, 0.15) is 48.5 Å². The summed E-state index contributed by atoms with van der Waals surface area (Å²) in [6.07, 6.45) is 7.20. The Morgan fingerprint density at radius 1 is 1.00 bits per heavy atom. The van der Waals surface area contributed by atoms with E-state index in [4.69, 9.17) is 4.74 Å². The monoisotopic (exact) mass is 411 g/mol. The first-order chi connectivity index (χ1) is 14.5. The van der Waals surface area contributed by atoms with Crippen LogP contribution < -0.4 is 15.6 Å². The van der Waals surface area contributed by atoms with Gasteiger partial charge in [0.1, 0.15) is 5.75 Å². The standard InChI is InChI=1S/C22H25N3O5/c1-2-3-4-5-16-30-20-13-9-18(10-14-20)22(27)24-23-21(26)15-8-17-6-11-19(12-7-17)25(28)29/h6-15H,2-5,16H2,1H3,(H,23,26)(H,24,27)/b15-8+. The smallest absolute Gasteiger partial charge is 0.269 e. The second kappa shape index (κ2) is 12.0. The van der Waals surface area contributed by atoms with Gasteiger partial charge in [0.05, 0.1) is 11.5 Å². The number of nitro benzene ring substituents is 1. The maximum atomic E-state index is 12.1. The van der Waals surface area contributed by atoms with Crippen LogP contribution in [0.3, 0.4) is 0 Å². The second-order valence-electron chi connectivity index (χ2n) is 6.56. The Balaban J connectivity index is 1.76. The highest BCUT2D eigenvalue weighted by Gasteiger charge is 2.07. The van der Waals surface area contributed by atoms with Crippen molar-refractivity contribution in [2.75, 3.05) is 6.61 Å². The van der Waals surface area contributed by atoms with Crippen molar-refractivity contribution in [2.45, 2.75) is 32.6 Å². The number of carbonyl (C=O) groups is 2. The molecule has 2 N–H and O–H groups in total. The highest BCUT2D eigenvalue weighted by molar-refractivity contribution is 5.98. The predicted octanol–water partition coefficient (Wildman–Crippen LogP) is 4.03. The summed E-state index contributed by atoms with van der Waals surface area (Å²) >= 11 is 0. The quantitative estimate of drug-likeness (QED) is 0.265. The molecular weight excluding hydrogens is 386 g/mol. The third-order valence-corrected chi connectivity index (χ3v) is 4.21. The predicted molar refractivity (Wildman–Crippen MR) is 114 cm³/mol. The van der Waals surface area contributed by atoms with Gasteiger partial charge in [-0.1, -0.05) is 26.2 Å². The molecule has 2 amide bonds. The number of hydrogen-bond acceptors (Lipinski definition) is 5. The van der Waals surface area contributed by atoms with Gasteiger partial charge >= 0.3 is 0 Å². The van der Waals surface area contributed by atoms with E-state index in [0.717, 1.165) is 12.8 Å². The lowest BCUT2D eigenvalue weighted by Gasteiger charge is -2.08. The molecule has 0 bridgehead atoms. The van der Waals surface area contributed by atoms with Gasteiger partial charge in [0, 0.05) is 23.8 Å². The van der Waals surface area contributed by atoms with Crippen molar-refractivity contribution in [1.29, 1.82) is 0 Å². The molecule has 0 aromatic heterocycles. The number of carbonyl (C=O) groups excluding carboxylic acids is 2. The zero-order valence-electron chi connectivity index (χ0n) is 16.8. The van der Waals surface area contributed by atoms with Crippen LogP contribution in [0.2, 0.25) is 0 Å². The number of ether oxygens (including phenoxy) is 1. The van der Waals surface area contributed by atoms with E-state index in [0.29, 0.717) is 23.5 Å². The zero-order chi connectivity index (χ0) is 21.8. The van der Waals surface area contributed by atoms with Crippen molar-refractivity contribution in [3.8, 4) is 5.75 Å². The summed E-state index contributed by atoms with van der Waals surface area (Å²) < 4.78 is 5.63. The van der Waals surface area contributed by atoms with Gasteiger partial charge in [0.25, 0.3) is 17.5 Å². The van der Waals surface area contributed by atoms with Crippen molar-refractivity contribution in [3.05, 3.63) is 75.8 Å². The number of nitrogens with zero attached hydrogens (tertiary/aromatic N) is 1. The highest BCUT2D eigenvalue weighted by atomic mass is 16.6. The van der Waals surface area contributed by atoms with Crippen molar-refractivity contribution in [3.63, 3.8) is 0 Å². The van der Waals surface area contributed by atoms with Gasteiger partial charge in [-0.25, -0.2) is 0 Å². The molecule has 0 atom stereocenters. The lowest BCUT2D eigenvalue weighted by molar-refractivity contribution is -0.384. The number of hydrogen-bond donors (Lipinski definition) is 2. The van der Waals surface area contributed by atoms with Crippen molar-refractivity contribution >= 4 is 23.6 Å². The summed E-state index contributed by atoms with van der Waals surface area (Å²) in [6, 6.07) is 12.4. The third kappa shape index (κ3) is 7.75. The highest BCUT2D eigenvalue weighted by Crippen LogP contribution is 2.14. The molecule has 0 unspecified atom stereocenters. The minimum atomic E-state index is -0.534. The number of hydrazine groups is 1. The molecule has 0 aliphatic rings.